The molecule has 1 heterocycles. The van der Waals surface area contributed by atoms with Gasteiger partial charge in [0, 0.05) is 38.3 Å². The zero-order valence-electron chi connectivity index (χ0n) is 18.3. The molecule has 0 unspecified atom stereocenters. The molecule has 0 bridgehead atoms. The van der Waals surface area contributed by atoms with Crippen LogP contribution in [0.2, 0.25) is 0 Å². The first-order chi connectivity index (χ1) is 15.0. The highest BCUT2D eigenvalue weighted by molar-refractivity contribution is 5.94. The largest absolute Gasteiger partial charge is 0.419 e. The lowest BCUT2D eigenvalue weighted by Gasteiger charge is -2.29. The topological polar surface area (TPSA) is 70.2 Å². The fourth-order valence-corrected chi connectivity index (χ4v) is 3.80. The molecule has 32 heavy (non-hydrogen) atoms. The summed E-state index contributed by atoms with van der Waals surface area (Å²) in [5.74, 6) is 0.522. The van der Waals surface area contributed by atoms with Gasteiger partial charge in [-0.1, -0.05) is 0 Å². The van der Waals surface area contributed by atoms with Crippen LogP contribution in [-0.2, 0) is 6.18 Å². The maximum absolute atomic E-state index is 13.7. The van der Waals surface area contributed by atoms with Crippen LogP contribution in [0.4, 0.5) is 29.2 Å². The van der Waals surface area contributed by atoms with Crippen LogP contribution in [0.25, 0.3) is 0 Å². The third-order valence-corrected chi connectivity index (χ3v) is 5.57. The summed E-state index contributed by atoms with van der Waals surface area (Å²) in [5, 5.41) is 6.17. The van der Waals surface area contributed by atoms with Crippen LogP contribution in [-0.4, -0.2) is 42.6 Å². The molecule has 1 amide bonds. The van der Waals surface area contributed by atoms with Gasteiger partial charge >= 0.3 is 6.18 Å². The van der Waals surface area contributed by atoms with Crippen molar-refractivity contribution < 1.29 is 22.4 Å². The number of aryl methyl sites for hydroxylation is 1. The number of hydrogen-bond donors (Lipinski definition) is 2. The van der Waals surface area contributed by atoms with Gasteiger partial charge in [0.15, 0.2) is 0 Å². The van der Waals surface area contributed by atoms with Crippen molar-refractivity contribution in [3.63, 3.8) is 0 Å². The molecule has 1 aromatic carbocycles. The molecule has 6 nitrogen and oxygen atoms in total. The third-order valence-electron chi connectivity index (χ3n) is 5.57. The molecule has 0 radical (unpaired) electrons. The standard InChI is InChI=1S/C22H27F4N5O/c1-13-28-19(11-20(29-13)31(2)3)30-16-7-4-14(5-8-16)12-27-21(32)15-6-9-17(18(23)10-15)22(24,25)26/h6,9-11,14,16H,4-5,7-8,12H2,1-3H3,(H,27,32)(H,28,29,30)/t14-,16+. The molecule has 1 aliphatic carbocycles. The Hall–Kier alpha value is -2.91. The molecule has 1 aliphatic rings. The summed E-state index contributed by atoms with van der Waals surface area (Å²) >= 11 is 0. The van der Waals surface area contributed by atoms with Crippen LogP contribution in [0.3, 0.4) is 0 Å². The van der Waals surface area contributed by atoms with Crippen molar-refractivity contribution >= 4 is 17.5 Å². The smallest absolute Gasteiger partial charge is 0.367 e. The Labute approximate surface area is 184 Å². The van der Waals surface area contributed by atoms with Crippen molar-refractivity contribution in [3.05, 3.63) is 47.0 Å². The minimum Gasteiger partial charge on any atom is -0.367 e. The fraction of sp³-hybridized carbons (Fsp3) is 0.500. The van der Waals surface area contributed by atoms with Crippen LogP contribution >= 0.6 is 0 Å². The van der Waals surface area contributed by atoms with E-state index in [2.05, 4.69) is 20.6 Å². The summed E-state index contributed by atoms with van der Waals surface area (Å²) in [6.07, 6.45) is -1.23. The van der Waals surface area contributed by atoms with Crippen LogP contribution in [0, 0.1) is 18.7 Å². The van der Waals surface area contributed by atoms with Gasteiger partial charge in [0.2, 0.25) is 0 Å². The van der Waals surface area contributed by atoms with Gasteiger partial charge in [0.25, 0.3) is 5.91 Å². The van der Waals surface area contributed by atoms with Crippen molar-refractivity contribution in [3.8, 4) is 0 Å². The summed E-state index contributed by atoms with van der Waals surface area (Å²) < 4.78 is 51.7. The number of benzene rings is 1. The maximum atomic E-state index is 13.7. The first-order valence-corrected chi connectivity index (χ1v) is 10.5. The number of halogens is 4. The molecular weight excluding hydrogens is 426 g/mol. The zero-order chi connectivity index (χ0) is 23.5. The highest BCUT2D eigenvalue weighted by atomic mass is 19.4. The first kappa shape index (κ1) is 23.7. The minimum atomic E-state index is -4.79. The Bertz CT molecular complexity index is 956. The van der Waals surface area contributed by atoms with E-state index in [0.717, 1.165) is 43.4 Å². The van der Waals surface area contributed by atoms with E-state index in [9.17, 15) is 22.4 Å². The van der Waals surface area contributed by atoms with Crippen LogP contribution in [0.15, 0.2) is 24.3 Å². The van der Waals surface area contributed by atoms with Gasteiger partial charge in [0.05, 0.1) is 5.56 Å². The number of carbonyl (C=O) groups is 1. The number of rotatable bonds is 6. The number of anilines is 2. The molecule has 10 heteroatoms. The van der Waals surface area contributed by atoms with E-state index in [1.807, 2.05) is 32.0 Å². The quantitative estimate of drug-likeness (QED) is 0.634. The van der Waals surface area contributed by atoms with Crippen LogP contribution in [0.5, 0.6) is 0 Å². The van der Waals surface area contributed by atoms with E-state index < -0.39 is 23.5 Å². The van der Waals surface area contributed by atoms with Crippen molar-refractivity contribution in [1.29, 1.82) is 0 Å². The van der Waals surface area contributed by atoms with Crippen molar-refractivity contribution in [2.75, 3.05) is 30.9 Å². The lowest BCUT2D eigenvalue weighted by molar-refractivity contribution is -0.140. The fourth-order valence-electron chi connectivity index (χ4n) is 3.80. The number of nitrogens with one attached hydrogen (secondary N) is 2. The lowest BCUT2D eigenvalue weighted by atomic mass is 9.86. The van der Waals surface area contributed by atoms with E-state index in [1.165, 1.54) is 0 Å². The Morgan fingerprint density at radius 3 is 2.41 bits per heavy atom. The van der Waals surface area contributed by atoms with Crippen molar-refractivity contribution in [2.24, 2.45) is 5.92 Å². The van der Waals surface area contributed by atoms with E-state index in [0.29, 0.717) is 24.5 Å². The Balaban J connectivity index is 1.48. The van der Waals surface area contributed by atoms with E-state index in [-0.39, 0.29) is 17.5 Å². The van der Waals surface area contributed by atoms with Crippen LogP contribution < -0.4 is 15.5 Å². The van der Waals surface area contributed by atoms with Crippen LogP contribution in [0.1, 0.15) is 47.4 Å². The molecule has 0 atom stereocenters. The van der Waals surface area contributed by atoms with Gasteiger partial charge in [-0.2, -0.15) is 13.2 Å². The van der Waals surface area contributed by atoms with E-state index in [4.69, 9.17) is 0 Å². The highest BCUT2D eigenvalue weighted by Gasteiger charge is 2.34. The number of hydrogen-bond acceptors (Lipinski definition) is 5. The predicted octanol–water partition coefficient (Wildman–Crippen LogP) is 4.41. The summed E-state index contributed by atoms with van der Waals surface area (Å²) in [6, 6.07) is 4.38. The van der Waals surface area contributed by atoms with Gasteiger partial charge in [-0.25, -0.2) is 14.4 Å². The van der Waals surface area contributed by atoms with Gasteiger partial charge in [-0.3, -0.25) is 4.79 Å². The summed E-state index contributed by atoms with van der Waals surface area (Å²) in [5.41, 5.74) is -1.50. The lowest BCUT2D eigenvalue weighted by Crippen LogP contribution is -2.34. The third kappa shape index (κ3) is 6.08. The monoisotopic (exact) mass is 453 g/mol. The molecular formula is C22H27F4N5O. The van der Waals surface area contributed by atoms with Gasteiger partial charge < -0.3 is 15.5 Å². The Kier molecular flexibility index (Phi) is 7.20. The Morgan fingerprint density at radius 2 is 1.81 bits per heavy atom. The number of nitrogens with zero attached hydrogens (tertiary/aromatic N) is 3. The molecule has 2 aromatic rings. The van der Waals surface area contributed by atoms with Gasteiger partial charge in [0.1, 0.15) is 23.3 Å². The molecule has 174 valence electrons. The van der Waals surface area contributed by atoms with Gasteiger partial charge in [-0.15, -0.1) is 0 Å². The predicted molar refractivity (Wildman–Crippen MR) is 114 cm³/mol. The number of carbonyl (C=O) groups excluding carboxylic acids is 1. The molecule has 2 N–H and O–H groups in total. The first-order valence-electron chi connectivity index (χ1n) is 10.5. The molecule has 1 fully saturated rings. The molecule has 0 aliphatic heterocycles. The summed E-state index contributed by atoms with van der Waals surface area (Å²) in [6.45, 7) is 2.24. The normalized spacial score (nSPS) is 18.8. The average Bonchev–Trinajstić information content (AvgIpc) is 2.71. The zero-order valence-corrected chi connectivity index (χ0v) is 18.3. The minimum absolute atomic E-state index is 0.123. The second kappa shape index (κ2) is 9.70. The summed E-state index contributed by atoms with van der Waals surface area (Å²) in [7, 11) is 3.84. The van der Waals surface area contributed by atoms with Gasteiger partial charge in [-0.05, 0) is 56.7 Å². The number of amides is 1. The Morgan fingerprint density at radius 1 is 1.12 bits per heavy atom. The summed E-state index contributed by atoms with van der Waals surface area (Å²) in [4.78, 5) is 23.0. The number of aromatic nitrogens is 2. The van der Waals surface area contributed by atoms with E-state index >= 15 is 0 Å². The van der Waals surface area contributed by atoms with E-state index in [1.54, 1.807) is 0 Å². The second-order valence-corrected chi connectivity index (χ2v) is 8.32. The molecule has 3 rings (SSSR count). The molecule has 1 aromatic heterocycles. The molecule has 0 saturated heterocycles. The van der Waals surface area contributed by atoms with Crippen molar-refractivity contribution in [2.45, 2.75) is 44.8 Å². The number of alkyl halides is 3. The average molecular weight is 453 g/mol. The van der Waals surface area contributed by atoms with Crippen molar-refractivity contribution in [1.82, 2.24) is 15.3 Å². The molecule has 0 spiro atoms. The second-order valence-electron chi connectivity index (χ2n) is 8.32. The highest BCUT2D eigenvalue weighted by Crippen LogP contribution is 2.31. The molecule has 1 saturated carbocycles. The SMILES string of the molecule is Cc1nc(N[C@H]2CC[C@@H](CNC(=O)c3ccc(C(F)(F)F)c(F)c3)CC2)cc(N(C)C)n1. The maximum Gasteiger partial charge on any atom is 0.419 e.